The van der Waals surface area contributed by atoms with Gasteiger partial charge in [0.25, 0.3) is 0 Å². The summed E-state index contributed by atoms with van der Waals surface area (Å²) in [6.07, 6.45) is 16.2. The second-order valence-corrected chi connectivity index (χ2v) is 15.0. The van der Waals surface area contributed by atoms with Crippen molar-refractivity contribution >= 4 is 57.6 Å². The van der Waals surface area contributed by atoms with Crippen LogP contribution < -0.4 is 10.6 Å². The molecule has 0 fully saturated rings. The number of amides is 2. The Hall–Kier alpha value is -3.23. The lowest BCUT2D eigenvalue weighted by Gasteiger charge is -2.08. The zero-order valence-electron chi connectivity index (χ0n) is 29.8. The molecule has 0 spiro atoms. The number of ether oxygens (including phenoxy) is 2. The fraction of sp³-hybridized carbons (Fsp3) is 0.595. The Kier molecular flexibility index (Phi) is 18.0. The number of benzene rings is 1. The van der Waals surface area contributed by atoms with Gasteiger partial charge in [-0.05, 0) is 29.9 Å². The third kappa shape index (κ3) is 13.0. The van der Waals surface area contributed by atoms with E-state index in [2.05, 4.69) is 38.2 Å². The summed E-state index contributed by atoms with van der Waals surface area (Å²) in [5.74, 6) is -2.06. The van der Waals surface area contributed by atoms with Crippen LogP contribution in [0.15, 0.2) is 16.8 Å². The third-order valence-corrected chi connectivity index (χ3v) is 11.0. The lowest BCUT2D eigenvalue weighted by atomic mass is 10.0. The van der Waals surface area contributed by atoms with E-state index in [0.29, 0.717) is 36.5 Å². The lowest BCUT2D eigenvalue weighted by molar-refractivity contribution is 0.146. The van der Waals surface area contributed by atoms with Gasteiger partial charge in [0, 0.05) is 36.2 Å². The molecule has 0 saturated carbocycles. The smallest absolute Gasteiger partial charge is 0.407 e. The topological polar surface area (TPSA) is 115 Å². The van der Waals surface area contributed by atoms with E-state index in [1.807, 2.05) is 5.38 Å². The molecule has 2 N–H and O–H groups in total. The van der Waals surface area contributed by atoms with Crippen LogP contribution in [0.4, 0.5) is 18.4 Å². The summed E-state index contributed by atoms with van der Waals surface area (Å²) in [4.78, 5) is 29.2. The Morgan fingerprint density at radius 1 is 0.686 bits per heavy atom. The van der Waals surface area contributed by atoms with Gasteiger partial charge in [-0.3, -0.25) is 0 Å². The van der Waals surface area contributed by atoms with E-state index in [0.717, 1.165) is 43.0 Å². The van der Waals surface area contributed by atoms with E-state index in [1.165, 1.54) is 86.9 Å². The fourth-order valence-electron chi connectivity index (χ4n) is 5.70. The Morgan fingerprint density at radius 2 is 1.22 bits per heavy atom. The first-order valence-electron chi connectivity index (χ1n) is 18.4. The van der Waals surface area contributed by atoms with Crippen LogP contribution in [0.2, 0.25) is 0 Å². The normalized spacial score (nSPS) is 11.3. The van der Waals surface area contributed by atoms with Crippen molar-refractivity contribution in [2.45, 2.75) is 117 Å². The zero-order chi connectivity index (χ0) is 36.3. The molecule has 0 aliphatic heterocycles. The van der Waals surface area contributed by atoms with Crippen LogP contribution >= 0.6 is 34.4 Å². The molecule has 0 unspecified atom stereocenters. The predicted octanol–water partition coefficient (Wildman–Crippen LogP) is 10.9. The molecule has 2 amide bonds. The van der Waals surface area contributed by atoms with Crippen molar-refractivity contribution in [1.82, 2.24) is 24.4 Å². The van der Waals surface area contributed by atoms with Gasteiger partial charge in [-0.1, -0.05) is 90.9 Å². The van der Waals surface area contributed by atoms with E-state index >= 15 is 8.78 Å². The molecule has 4 rings (SSSR count). The summed E-state index contributed by atoms with van der Waals surface area (Å²) in [6.45, 7) is 5.85. The third-order valence-electron chi connectivity index (χ3n) is 8.57. The average Bonchev–Trinajstić information content (AvgIpc) is 3.90. The Balaban J connectivity index is 1.25. The maximum atomic E-state index is 15.8. The largest absolute Gasteiger partial charge is 0.449 e. The number of rotatable bonds is 24. The Labute approximate surface area is 312 Å². The molecule has 14 heteroatoms. The molecule has 1 aromatic carbocycles. The van der Waals surface area contributed by atoms with Crippen LogP contribution in [-0.2, 0) is 22.3 Å². The zero-order valence-corrected chi connectivity index (χ0v) is 32.3. The molecule has 9 nitrogen and oxygen atoms in total. The summed E-state index contributed by atoms with van der Waals surface area (Å²) in [5.41, 5.74) is 1.97. The highest BCUT2D eigenvalue weighted by atomic mass is 32.1. The highest BCUT2D eigenvalue weighted by Gasteiger charge is 2.27. The Bertz CT molecular complexity index is 1530. The number of hydrogen-bond donors (Lipinski definition) is 2. The second kappa shape index (κ2) is 22.7. The summed E-state index contributed by atoms with van der Waals surface area (Å²) >= 11 is 3.33. The van der Waals surface area contributed by atoms with Crippen LogP contribution in [0, 0.1) is 11.6 Å². The van der Waals surface area contributed by atoms with Gasteiger partial charge in [-0.15, -0.1) is 22.7 Å². The molecule has 0 bridgehead atoms. The number of unbranched alkanes of at least 4 members (excludes halogenated alkanes) is 12. The number of alkyl carbamates (subject to hydrolysis) is 2. The Morgan fingerprint density at radius 3 is 1.82 bits per heavy atom. The number of thiophene rings is 1. The van der Waals surface area contributed by atoms with Gasteiger partial charge in [0.1, 0.15) is 16.0 Å². The van der Waals surface area contributed by atoms with Gasteiger partial charge in [-0.25, -0.2) is 23.4 Å². The van der Waals surface area contributed by atoms with Crippen molar-refractivity contribution < 1.29 is 27.8 Å². The molecule has 0 saturated heterocycles. The van der Waals surface area contributed by atoms with E-state index in [1.54, 1.807) is 11.4 Å². The van der Waals surface area contributed by atoms with Gasteiger partial charge in [0.2, 0.25) is 0 Å². The summed E-state index contributed by atoms with van der Waals surface area (Å²) in [7, 11) is 0. The molecule has 0 atom stereocenters. The fourth-order valence-corrected chi connectivity index (χ4v) is 8.14. The lowest BCUT2D eigenvalue weighted by Crippen LogP contribution is -2.26. The molecule has 4 aromatic rings. The summed E-state index contributed by atoms with van der Waals surface area (Å²) in [6, 6.07) is 1.77. The van der Waals surface area contributed by atoms with Crippen molar-refractivity contribution in [2.75, 3.05) is 26.3 Å². The molecule has 280 valence electrons. The molecule has 0 aliphatic carbocycles. The monoisotopic (exact) mass is 763 g/mol. The van der Waals surface area contributed by atoms with Gasteiger partial charge in [-0.2, -0.15) is 8.75 Å². The van der Waals surface area contributed by atoms with Crippen LogP contribution in [-0.4, -0.2) is 52.2 Å². The number of nitrogens with zero attached hydrogens (tertiary/aromatic N) is 3. The minimum atomic E-state index is -1.04. The standard InChI is InChI=1S/C37H51F2N5O4S3/c1-3-5-7-9-11-13-15-19-40-36(45)47-21-17-26-23-28(49-24-26)29-31(38)32(39)30(34-33(29)43-51-44-34)35-42-27(25-50-35)18-22-48-37(46)41-20-16-14-12-10-8-6-4-2/h23-25H,3-22H2,1-2H3,(H,40,45)(H,41,46). The quantitative estimate of drug-likeness (QED) is 0.0683. The van der Waals surface area contributed by atoms with Crippen molar-refractivity contribution in [3.05, 3.63) is 39.7 Å². The number of halogens is 2. The molecule has 0 radical (unpaired) electrons. The molecular formula is C37H51F2N5O4S3. The van der Waals surface area contributed by atoms with Crippen molar-refractivity contribution in [1.29, 1.82) is 0 Å². The van der Waals surface area contributed by atoms with E-state index in [-0.39, 0.29) is 40.4 Å². The van der Waals surface area contributed by atoms with Gasteiger partial charge in [0.15, 0.2) is 11.6 Å². The van der Waals surface area contributed by atoms with Crippen LogP contribution in [0.1, 0.15) is 115 Å². The van der Waals surface area contributed by atoms with Crippen LogP contribution in [0.3, 0.4) is 0 Å². The first kappa shape index (κ1) is 40.5. The number of thiazole rings is 1. The van der Waals surface area contributed by atoms with Crippen LogP contribution in [0.25, 0.3) is 32.0 Å². The average molecular weight is 764 g/mol. The van der Waals surface area contributed by atoms with Gasteiger partial charge >= 0.3 is 12.2 Å². The SMILES string of the molecule is CCCCCCCCCNC(=O)OCCc1csc(-c2c(F)c(F)c(-c3nc(CCOC(=O)NCCCCCCCCC)cs3)c3nsnc23)c1. The van der Waals surface area contributed by atoms with Crippen LogP contribution in [0.5, 0.6) is 0 Å². The first-order chi connectivity index (χ1) is 24.9. The number of carbonyl (C=O) groups excluding carboxylic acids is 2. The highest BCUT2D eigenvalue weighted by Crippen LogP contribution is 2.42. The first-order valence-corrected chi connectivity index (χ1v) is 20.9. The maximum absolute atomic E-state index is 15.8. The predicted molar refractivity (Wildman–Crippen MR) is 204 cm³/mol. The minimum absolute atomic E-state index is 0.0303. The van der Waals surface area contributed by atoms with E-state index in [4.69, 9.17) is 9.47 Å². The number of carbonyl (C=O) groups is 2. The number of hydrogen-bond acceptors (Lipinski definition) is 10. The molecular weight excluding hydrogens is 713 g/mol. The van der Waals surface area contributed by atoms with E-state index < -0.39 is 23.8 Å². The van der Waals surface area contributed by atoms with Gasteiger partial charge < -0.3 is 20.1 Å². The van der Waals surface area contributed by atoms with Crippen molar-refractivity contribution in [3.8, 4) is 21.0 Å². The maximum Gasteiger partial charge on any atom is 0.407 e. The highest BCUT2D eigenvalue weighted by molar-refractivity contribution is 7.14. The van der Waals surface area contributed by atoms with E-state index in [9.17, 15) is 9.59 Å². The number of fused-ring (bicyclic) bond motifs is 1. The number of nitrogens with one attached hydrogen (secondary N) is 2. The number of aromatic nitrogens is 3. The molecule has 0 aliphatic rings. The summed E-state index contributed by atoms with van der Waals surface area (Å²) in [5, 5.41) is 9.44. The van der Waals surface area contributed by atoms with Crippen molar-refractivity contribution in [3.63, 3.8) is 0 Å². The van der Waals surface area contributed by atoms with Crippen molar-refractivity contribution in [2.24, 2.45) is 0 Å². The van der Waals surface area contributed by atoms with Gasteiger partial charge in [0.05, 0.1) is 41.8 Å². The summed E-state index contributed by atoms with van der Waals surface area (Å²) < 4.78 is 50.8. The minimum Gasteiger partial charge on any atom is -0.449 e. The molecule has 51 heavy (non-hydrogen) atoms. The molecule has 3 aromatic heterocycles. The molecule has 3 heterocycles. The second-order valence-electron chi connectivity index (χ2n) is 12.7.